The van der Waals surface area contributed by atoms with Gasteiger partial charge in [0.15, 0.2) is 5.82 Å². The summed E-state index contributed by atoms with van der Waals surface area (Å²) in [6.07, 6.45) is 0. The Morgan fingerprint density at radius 3 is 2.00 bits per heavy atom. The standard InChI is InChI=1S/C34H29BN2O3/c1-33(2)34(3,4)40-35(39-33)24-15-10-14-23(20-24)29-21-28(22-12-6-5-7-13-22)36-32(37-29)27-18-11-17-26-25-16-8-9-19-30(25)38-31(26)27/h5-21H,1-4H3. The summed E-state index contributed by atoms with van der Waals surface area (Å²) in [6, 6.07) is 34.7. The fourth-order valence-electron chi connectivity index (χ4n) is 5.22. The minimum atomic E-state index is -0.454. The van der Waals surface area contributed by atoms with Crippen molar-refractivity contribution in [1.29, 1.82) is 0 Å². The second kappa shape index (κ2) is 9.15. The molecule has 4 aromatic carbocycles. The highest BCUT2D eigenvalue weighted by Crippen LogP contribution is 2.38. The van der Waals surface area contributed by atoms with Crippen LogP contribution in [0, 0.1) is 0 Å². The smallest absolute Gasteiger partial charge is 0.455 e. The van der Waals surface area contributed by atoms with Crippen molar-refractivity contribution in [3.8, 4) is 33.9 Å². The van der Waals surface area contributed by atoms with Crippen molar-refractivity contribution in [2.75, 3.05) is 0 Å². The molecule has 7 rings (SSSR count). The third-order valence-electron chi connectivity index (χ3n) is 8.15. The predicted molar refractivity (Wildman–Crippen MR) is 161 cm³/mol. The Morgan fingerprint density at radius 2 is 1.23 bits per heavy atom. The van der Waals surface area contributed by atoms with Crippen LogP contribution < -0.4 is 5.46 Å². The summed E-state index contributed by atoms with van der Waals surface area (Å²) in [5.74, 6) is 0.613. The van der Waals surface area contributed by atoms with Gasteiger partial charge in [-0.15, -0.1) is 0 Å². The van der Waals surface area contributed by atoms with Crippen molar-refractivity contribution in [3.05, 3.63) is 103 Å². The SMILES string of the molecule is CC1(C)OB(c2cccc(-c3cc(-c4ccccc4)nc(-c4cccc5c4oc4ccccc45)n3)c2)OC1(C)C. The zero-order valence-electron chi connectivity index (χ0n) is 23.0. The van der Waals surface area contributed by atoms with E-state index in [-0.39, 0.29) is 0 Å². The number of hydrogen-bond donors (Lipinski definition) is 0. The molecule has 0 atom stereocenters. The minimum Gasteiger partial charge on any atom is -0.455 e. The second-order valence-corrected chi connectivity index (χ2v) is 11.3. The Morgan fingerprint density at radius 1 is 0.600 bits per heavy atom. The van der Waals surface area contributed by atoms with Crippen LogP contribution in [0.25, 0.3) is 55.8 Å². The van der Waals surface area contributed by atoms with E-state index in [4.69, 9.17) is 23.7 Å². The topological polar surface area (TPSA) is 57.4 Å². The van der Waals surface area contributed by atoms with E-state index in [9.17, 15) is 0 Å². The van der Waals surface area contributed by atoms with E-state index >= 15 is 0 Å². The highest BCUT2D eigenvalue weighted by Gasteiger charge is 2.51. The molecule has 196 valence electrons. The minimum absolute atomic E-state index is 0.415. The second-order valence-electron chi connectivity index (χ2n) is 11.3. The van der Waals surface area contributed by atoms with E-state index in [1.807, 2.05) is 66.7 Å². The van der Waals surface area contributed by atoms with E-state index in [2.05, 4.69) is 64.1 Å². The van der Waals surface area contributed by atoms with Crippen molar-refractivity contribution >= 4 is 34.5 Å². The third-order valence-corrected chi connectivity index (χ3v) is 8.15. The van der Waals surface area contributed by atoms with E-state index in [0.29, 0.717) is 5.82 Å². The number of para-hydroxylation sites is 2. The fourth-order valence-corrected chi connectivity index (χ4v) is 5.22. The first-order valence-electron chi connectivity index (χ1n) is 13.6. The van der Waals surface area contributed by atoms with Crippen molar-refractivity contribution in [3.63, 3.8) is 0 Å². The average Bonchev–Trinajstić information content (AvgIpc) is 3.46. The van der Waals surface area contributed by atoms with Gasteiger partial charge >= 0.3 is 7.12 Å². The lowest BCUT2D eigenvalue weighted by atomic mass is 9.78. The average molecular weight is 524 g/mol. The molecule has 6 heteroatoms. The Bertz CT molecular complexity index is 1860. The number of furan rings is 1. The van der Waals surface area contributed by atoms with Crippen LogP contribution in [0.5, 0.6) is 0 Å². The van der Waals surface area contributed by atoms with Crippen LogP contribution in [0.1, 0.15) is 27.7 Å². The van der Waals surface area contributed by atoms with E-state index in [1.165, 1.54) is 0 Å². The molecule has 0 saturated carbocycles. The van der Waals surface area contributed by atoms with Gasteiger partial charge in [0, 0.05) is 16.3 Å². The van der Waals surface area contributed by atoms with Gasteiger partial charge in [-0.2, -0.15) is 0 Å². The molecule has 3 heterocycles. The zero-order chi connectivity index (χ0) is 27.5. The summed E-state index contributed by atoms with van der Waals surface area (Å²) < 4.78 is 19.0. The molecule has 0 aliphatic carbocycles. The summed E-state index contributed by atoms with van der Waals surface area (Å²) in [7, 11) is -0.454. The molecule has 0 unspecified atom stereocenters. The number of aromatic nitrogens is 2. The number of fused-ring (bicyclic) bond motifs is 3. The Balaban J connectivity index is 1.39. The first-order valence-corrected chi connectivity index (χ1v) is 13.6. The predicted octanol–water partition coefficient (Wildman–Crippen LogP) is 7.68. The number of hydrogen-bond acceptors (Lipinski definition) is 5. The molecule has 1 saturated heterocycles. The Labute approximate surface area is 234 Å². The van der Waals surface area contributed by atoms with Crippen LogP contribution in [0.2, 0.25) is 0 Å². The summed E-state index contributed by atoms with van der Waals surface area (Å²) in [4.78, 5) is 10.1. The van der Waals surface area contributed by atoms with Gasteiger partial charge in [-0.1, -0.05) is 84.9 Å². The number of benzene rings is 4. The number of rotatable bonds is 4. The molecule has 5 nitrogen and oxygen atoms in total. The van der Waals surface area contributed by atoms with Crippen LogP contribution in [0.3, 0.4) is 0 Å². The first-order chi connectivity index (χ1) is 19.3. The largest absolute Gasteiger partial charge is 0.494 e. The third kappa shape index (κ3) is 4.12. The van der Waals surface area contributed by atoms with Gasteiger partial charge in [0.25, 0.3) is 0 Å². The maximum atomic E-state index is 6.34. The van der Waals surface area contributed by atoms with Crippen LogP contribution in [-0.2, 0) is 9.31 Å². The van der Waals surface area contributed by atoms with E-state index in [0.717, 1.165) is 55.5 Å². The zero-order valence-corrected chi connectivity index (χ0v) is 23.0. The van der Waals surface area contributed by atoms with Crippen molar-refractivity contribution in [2.45, 2.75) is 38.9 Å². The highest BCUT2D eigenvalue weighted by molar-refractivity contribution is 6.62. The highest BCUT2D eigenvalue weighted by atomic mass is 16.7. The molecular weight excluding hydrogens is 495 g/mol. The quantitative estimate of drug-likeness (QED) is 0.222. The molecule has 0 radical (unpaired) electrons. The van der Waals surface area contributed by atoms with Gasteiger partial charge in [-0.3, -0.25) is 0 Å². The molecule has 6 aromatic rings. The monoisotopic (exact) mass is 524 g/mol. The van der Waals surface area contributed by atoms with Crippen molar-refractivity contribution in [1.82, 2.24) is 9.97 Å². The molecule has 1 aliphatic rings. The molecule has 1 aliphatic heterocycles. The molecule has 2 aromatic heterocycles. The first kappa shape index (κ1) is 24.8. The Hall–Kier alpha value is -4.26. The molecule has 40 heavy (non-hydrogen) atoms. The lowest BCUT2D eigenvalue weighted by molar-refractivity contribution is 0.00578. The maximum Gasteiger partial charge on any atom is 0.494 e. The van der Waals surface area contributed by atoms with Crippen molar-refractivity contribution in [2.24, 2.45) is 0 Å². The van der Waals surface area contributed by atoms with Crippen LogP contribution in [0.4, 0.5) is 0 Å². The summed E-state index contributed by atoms with van der Waals surface area (Å²) >= 11 is 0. The van der Waals surface area contributed by atoms with Gasteiger partial charge in [0.2, 0.25) is 0 Å². The molecule has 0 N–H and O–H groups in total. The lowest BCUT2D eigenvalue weighted by Crippen LogP contribution is -2.41. The molecular formula is C34H29BN2O3. The Kier molecular flexibility index (Phi) is 5.67. The van der Waals surface area contributed by atoms with E-state index < -0.39 is 18.3 Å². The normalized spacial score (nSPS) is 16.1. The van der Waals surface area contributed by atoms with Gasteiger partial charge < -0.3 is 13.7 Å². The molecule has 0 amide bonds. The van der Waals surface area contributed by atoms with Crippen LogP contribution in [-0.4, -0.2) is 28.3 Å². The summed E-state index contributed by atoms with van der Waals surface area (Å²) in [5.41, 5.74) is 6.25. The van der Waals surface area contributed by atoms with Crippen molar-refractivity contribution < 1.29 is 13.7 Å². The van der Waals surface area contributed by atoms with E-state index in [1.54, 1.807) is 0 Å². The summed E-state index contributed by atoms with van der Waals surface area (Å²) in [6.45, 7) is 8.27. The number of nitrogens with zero attached hydrogens (tertiary/aromatic N) is 2. The van der Waals surface area contributed by atoms with Crippen LogP contribution >= 0.6 is 0 Å². The van der Waals surface area contributed by atoms with Gasteiger partial charge in [0.05, 0.1) is 28.2 Å². The molecule has 1 fully saturated rings. The lowest BCUT2D eigenvalue weighted by Gasteiger charge is -2.32. The van der Waals surface area contributed by atoms with Crippen LogP contribution in [0.15, 0.2) is 108 Å². The molecule has 0 spiro atoms. The van der Waals surface area contributed by atoms with Gasteiger partial charge in [0.1, 0.15) is 11.2 Å². The fraction of sp³-hybridized carbons (Fsp3) is 0.176. The maximum absolute atomic E-state index is 6.34. The van der Waals surface area contributed by atoms with Gasteiger partial charge in [-0.25, -0.2) is 9.97 Å². The molecule has 0 bridgehead atoms. The van der Waals surface area contributed by atoms with Gasteiger partial charge in [-0.05, 0) is 56.9 Å². The summed E-state index contributed by atoms with van der Waals surface area (Å²) in [5, 5.41) is 2.13.